The topological polar surface area (TPSA) is 106 Å². The second-order valence-corrected chi connectivity index (χ2v) is 6.80. The number of fused-ring (bicyclic) bond motifs is 1. The zero-order chi connectivity index (χ0) is 18.0. The van der Waals surface area contributed by atoms with Crippen LogP contribution in [0, 0.1) is 10.1 Å². The molecule has 2 heterocycles. The first kappa shape index (κ1) is 17.2. The van der Waals surface area contributed by atoms with E-state index < -0.39 is 10.9 Å². The van der Waals surface area contributed by atoms with Crippen molar-refractivity contribution in [2.75, 3.05) is 17.7 Å². The number of nitrogens with one attached hydrogen (secondary N) is 2. The molecule has 0 aliphatic heterocycles. The van der Waals surface area contributed by atoms with Gasteiger partial charge in [0.1, 0.15) is 17.0 Å². The summed E-state index contributed by atoms with van der Waals surface area (Å²) >= 11 is 6.74. The van der Waals surface area contributed by atoms with Crippen LogP contribution in [-0.4, -0.2) is 28.1 Å². The fourth-order valence-electron chi connectivity index (χ4n) is 2.63. The first-order valence-corrected chi connectivity index (χ1v) is 8.63. The molecule has 25 heavy (non-hydrogen) atoms. The van der Waals surface area contributed by atoms with Gasteiger partial charge >= 0.3 is 5.97 Å². The molecule has 2 aromatic rings. The Morgan fingerprint density at radius 3 is 2.84 bits per heavy atom. The van der Waals surface area contributed by atoms with E-state index in [0.29, 0.717) is 16.4 Å². The van der Waals surface area contributed by atoms with Crippen molar-refractivity contribution in [2.45, 2.75) is 19.3 Å². The Morgan fingerprint density at radius 1 is 1.40 bits per heavy atom. The quantitative estimate of drug-likeness (QED) is 0.362. The van der Waals surface area contributed by atoms with E-state index in [-0.39, 0.29) is 10.8 Å². The summed E-state index contributed by atoms with van der Waals surface area (Å²) in [5.41, 5.74) is 1.45. The average molecular weight is 378 g/mol. The van der Waals surface area contributed by atoms with Crippen LogP contribution in [0.3, 0.4) is 0 Å². The zero-order valence-corrected chi connectivity index (χ0v) is 14.8. The van der Waals surface area contributed by atoms with Gasteiger partial charge in [0.15, 0.2) is 5.11 Å². The summed E-state index contributed by atoms with van der Waals surface area (Å²) in [5.74, 6) is -0.0232. The number of ether oxygens (including phenoxy) is 1. The predicted molar refractivity (Wildman–Crippen MR) is 98.4 cm³/mol. The van der Waals surface area contributed by atoms with Gasteiger partial charge in [-0.15, -0.1) is 11.3 Å². The highest BCUT2D eigenvalue weighted by molar-refractivity contribution is 7.80. The molecular formula is C15H14N4O4S2. The van der Waals surface area contributed by atoms with Crippen LogP contribution in [0.5, 0.6) is 0 Å². The highest BCUT2D eigenvalue weighted by Crippen LogP contribution is 2.39. The van der Waals surface area contributed by atoms with E-state index in [2.05, 4.69) is 15.6 Å². The molecular weight excluding hydrogens is 364 g/mol. The maximum absolute atomic E-state index is 12.1. The van der Waals surface area contributed by atoms with E-state index in [1.807, 2.05) is 0 Å². The van der Waals surface area contributed by atoms with Gasteiger partial charge in [-0.3, -0.25) is 10.1 Å². The van der Waals surface area contributed by atoms with E-state index in [9.17, 15) is 14.9 Å². The number of hydrogen-bond acceptors (Lipinski definition) is 7. The number of nitrogens with zero attached hydrogens (tertiary/aromatic N) is 2. The number of pyridine rings is 1. The molecule has 0 amide bonds. The van der Waals surface area contributed by atoms with E-state index >= 15 is 0 Å². The van der Waals surface area contributed by atoms with Crippen molar-refractivity contribution < 1.29 is 14.5 Å². The van der Waals surface area contributed by atoms with Crippen molar-refractivity contribution in [3.63, 3.8) is 0 Å². The molecule has 10 heteroatoms. The van der Waals surface area contributed by atoms with E-state index in [0.717, 1.165) is 31.0 Å². The monoisotopic (exact) mass is 378 g/mol. The summed E-state index contributed by atoms with van der Waals surface area (Å²) in [4.78, 5) is 27.3. The molecule has 2 aromatic heterocycles. The lowest BCUT2D eigenvalue weighted by molar-refractivity contribution is -0.385. The molecule has 0 aromatic carbocycles. The van der Waals surface area contributed by atoms with Gasteiger partial charge in [-0.25, -0.2) is 9.78 Å². The van der Waals surface area contributed by atoms with Gasteiger partial charge in [0, 0.05) is 10.9 Å². The molecule has 0 bridgehead atoms. The molecule has 0 saturated carbocycles. The molecule has 0 radical (unpaired) electrons. The summed E-state index contributed by atoms with van der Waals surface area (Å²) in [6, 6.07) is 2.79. The van der Waals surface area contributed by atoms with Gasteiger partial charge < -0.3 is 15.4 Å². The lowest BCUT2D eigenvalue weighted by Crippen LogP contribution is -2.20. The van der Waals surface area contributed by atoms with Crippen LogP contribution in [-0.2, 0) is 17.6 Å². The van der Waals surface area contributed by atoms with Gasteiger partial charge in [-0.05, 0) is 43.1 Å². The van der Waals surface area contributed by atoms with Gasteiger partial charge in [-0.1, -0.05) is 0 Å². The average Bonchev–Trinajstić information content (AvgIpc) is 3.15. The highest BCUT2D eigenvalue weighted by atomic mass is 32.1. The lowest BCUT2D eigenvalue weighted by atomic mass is 10.1. The minimum atomic E-state index is -0.525. The van der Waals surface area contributed by atoms with E-state index in [1.165, 1.54) is 35.5 Å². The fourth-order valence-corrected chi connectivity index (χ4v) is 4.18. The third-order valence-corrected chi connectivity index (χ3v) is 5.15. The maximum atomic E-state index is 12.1. The largest absolute Gasteiger partial charge is 0.465 e. The van der Waals surface area contributed by atoms with Crippen molar-refractivity contribution in [3.05, 3.63) is 44.4 Å². The highest BCUT2D eigenvalue weighted by Gasteiger charge is 2.27. The summed E-state index contributed by atoms with van der Waals surface area (Å²) in [5, 5.41) is 17.4. The van der Waals surface area contributed by atoms with Gasteiger partial charge in [0.25, 0.3) is 5.69 Å². The Kier molecular flexibility index (Phi) is 4.91. The number of rotatable bonds is 4. The molecule has 0 saturated heterocycles. The predicted octanol–water partition coefficient (Wildman–Crippen LogP) is 3.14. The van der Waals surface area contributed by atoms with Gasteiger partial charge in [0.05, 0.1) is 17.6 Å². The first-order chi connectivity index (χ1) is 12.0. The van der Waals surface area contributed by atoms with Crippen molar-refractivity contribution in [1.29, 1.82) is 0 Å². The number of thiophene rings is 1. The van der Waals surface area contributed by atoms with Crippen molar-refractivity contribution in [2.24, 2.45) is 0 Å². The summed E-state index contributed by atoms with van der Waals surface area (Å²) in [6.07, 6.45) is 3.96. The molecule has 3 rings (SSSR count). The second-order valence-electron chi connectivity index (χ2n) is 5.29. The fraction of sp³-hybridized carbons (Fsp3) is 0.267. The number of hydrogen-bond donors (Lipinski definition) is 2. The first-order valence-electron chi connectivity index (χ1n) is 7.41. The maximum Gasteiger partial charge on any atom is 0.341 e. The summed E-state index contributed by atoms with van der Waals surface area (Å²) < 4.78 is 4.88. The van der Waals surface area contributed by atoms with Crippen LogP contribution < -0.4 is 10.6 Å². The molecule has 0 fully saturated rings. The van der Waals surface area contributed by atoms with Crippen LogP contribution in [0.1, 0.15) is 27.2 Å². The molecule has 0 spiro atoms. The number of aromatic nitrogens is 1. The molecule has 2 N–H and O–H groups in total. The Balaban J connectivity index is 1.75. The van der Waals surface area contributed by atoms with Crippen molar-refractivity contribution in [3.8, 4) is 0 Å². The van der Waals surface area contributed by atoms with E-state index in [1.54, 1.807) is 0 Å². The number of esters is 1. The van der Waals surface area contributed by atoms with E-state index in [4.69, 9.17) is 17.0 Å². The molecule has 1 aliphatic carbocycles. The minimum Gasteiger partial charge on any atom is -0.465 e. The van der Waals surface area contributed by atoms with Crippen LogP contribution in [0.15, 0.2) is 18.3 Å². The summed E-state index contributed by atoms with van der Waals surface area (Å²) in [7, 11) is 1.35. The van der Waals surface area contributed by atoms with Gasteiger partial charge in [0.2, 0.25) is 0 Å². The summed E-state index contributed by atoms with van der Waals surface area (Å²) in [6.45, 7) is 0. The van der Waals surface area contributed by atoms with Gasteiger partial charge in [-0.2, -0.15) is 0 Å². The molecule has 8 nitrogen and oxygen atoms in total. The number of nitro groups is 1. The normalized spacial score (nSPS) is 12.4. The number of methoxy groups -OCH3 is 1. The zero-order valence-electron chi connectivity index (χ0n) is 13.2. The standard InChI is InChI=1S/C15H14N4O4S2/c1-23-14(20)12-9-3-2-4-10(9)25-13(12)18-15(24)17-11-6-5-8(7-16-11)19(21)22/h5-7H,2-4H2,1H3,(H2,16,17,18,24). The Morgan fingerprint density at radius 2 is 2.20 bits per heavy atom. The third-order valence-electron chi connectivity index (χ3n) is 3.74. The van der Waals surface area contributed by atoms with Crippen LogP contribution in [0.25, 0.3) is 0 Å². The lowest BCUT2D eigenvalue weighted by Gasteiger charge is -2.10. The number of carbonyl (C=O) groups is 1. The molecule has 0 atom stereocenters. The Labute approximate surface area is 152 Å². The van der Waals surface area contributed by atoms with Crippen LogP contribution >= 0.6 is 23.6 Å². The minimum absolute atomic E-state index is 0.105. The molecule has 130 valence electrons. The second kappa shape index (κ2) is 7.11. The van der Waals surface area contributed by atoms with Crippen molar-refractivity contribution >= 4 is 51.1 Å². The van der Waals surface area contributed by atoms with Crippen molar-refractivity contribution in [1.82, 2.24) is 4.98 Å². The Bertz CT molecular complexity index is 848. The number of anilines is 2. The number of thiocarbonyl (C=S) groups is 1. The smallest absolute Gasteiger partial charge is 0.341 e. The molecule has 0 unspecified atom stereocenters. The van der Waals surface area contributed by atoms with Crippen LogP contribution in [0.4, 0.5) is 16.5 Å². The SMILES string of the molecule is COC(=O)c1c(NC(=S)Nc2ccc([N+](=O)[O-])cn2)sc2c1CCC2. The third kappa shape index (κ3) is 3.59. The number of carbonyl (C=O) groups excluding carboxylic acids is 1. The molecule has 1 aliphatic rings. The Hall–Kier alpha value is -2.59. The number of aryl methyl sites for hydroxylation is 1. The van der Waals surface area contributed by atoms with Crippen LogP contribution in [0.2, 0.25) is 0 Å².